The molecule has 0 saturated heterocycles. The van der Waals surface area contributed by atoms with Crippen molar-refractivity contribution in [1.29, 1.82) is 0 Å². The van der Waals surface area contributed by atoms with Crippen LogP contribution in [0.15, 0.2) is 42.5 Å². The van der Waals surface area contributed by atoms with Gasteiger partial charge in [-0.05, 0) is 24.3 Å². The molecule has 0 heterocycles. The molecule has 2 aromatic rings. The Bertz CT molecular complexity index is 589. The van der Waals surface area contributed by atoms with Crippen LogP contribution in [-0.4, -0.2) is 27.4 Å². The van der Waals surface area contributed by atoms with E-state index >= 15 is 0 Å². The van der Waals surface area contributed by atoms with Crippen molar-refractivity contribution in [3.63, 3.8) is 0 Å². The molecule has 112 valence electrons. The third-order valence-electron chi connectivity index (χ3n) is 2.91. The van der Waals surface area contributed by atoms with E-state index in [0.717, 1.165) is 17.2 Å². The number of hydrogen-bond acceptors (Lipinski definition) is 4. The van der Waals surface area contributed by atoms with Crippen LogP contribution < -0.4 is 19.5 Å². The maximum atomic E-state index is 5.98. The smallest absolute Gasteiger partial charge is 0.161 e. The van der Waals surface area contributed by atoms with Crippen LogP contribution in [0.5, 0.6) is 17.2 Å². The third-order valence-corrected chi connectivity index (χ3v) is 3.22. The third kappa shape index (κ3) is 4.20. The van der Waals surface area contributed by atoms with Gasteiger partial charge in [0, 0.05) is 18.3 Å². The Morgan fingerprint density at radius 3 is 2.38 bits per heavy atom. The molecule has 0 aliphatic rings. The Morgan fingerprint density at radius 1 is 0.952 bits per heavy atom. The van der Waals surface area contributed by atoms with Gasteiger partial charge in [0.05, 0.1) is 19.2 Å². The first-order valence-corrected chi connectivity index (χ1v) is 6.95. The quantitative estimate of drug-likeness (QED) is 0.789. The molecule has 0 atom stereocenters. The molecule has 21 heavy (non-hydrogen) atoms. The Hall–Kier alpha value is -2.07. The second-order valence-corrected chi connectivity index (χ2v) is 4.68. The molecule has 0 fully saturated rings. The number of rotatable bonds is 7. The summed E-state index contributed by atoms with van der Waals surface area (Å²) < 4.78 is 16.1. The Kier molecular flexibility index (Phi) is 5.58. The SMILES string of the molecule is COc1cc(NCCOc2ccccc2OC)ccc1Cl. The van der Waals surface area contributed by atoms with E-state index in [1.54, 1.807) is 20.3 Å². The van der Waals surface area contributed by atoms with E-state index in [0.29, 0.717) is 23.9 Å². The minimum absolute atomic E-state index is 0.519. The van der Waals surface area contributed by atoms with Crippen molar-refractivity contribution in [2.24, 2.45) is 0 Å². The van der Waals surface area contributed by atoms with Crippen LogP contribution in [0.25, 0.3) is 0 Å². The van der Waals surface area contributed by atoms with Crippen molar-refractivity contribution in [2.45, 2.75) is 0 Å². The molecular weight excluding hydrogens is 290 g/mol. The molecule has 5 heteroatoms. The summed E-state index contributed by atoms with van der Waals surface area (Å²) in [4.78, 5) is 0. The fourth-order valence-electron chi connectivity index (χ4n) is 1.86. The van der Waals surface area contributed by atoms with E-state index in [9.17, 15) is 0 Å². The fourth-order valence-corrected chi connectivity index (χ4v) is 2.06. The average Bonchev–Trinajstić information content (AvgIpc) is 2.53. The Morgan fingerprint density at radius 2 is 1.67 bits per heavy atom. The number of methoxy groups -OCH3 is 2. The van der Waals surface area contributed by atoms with Crippen molar-refractivity contribution < 1.29 is 14.2 Å². The summed E-state index contributed by atoms with van der Waals surface area (Å²) in [6.45, 7) is 1.17. The lowest BCUT2D eigenvalue weighted by Crippen LogP contribution is -2.11. The number of anilines is 1. The highest BCUT2D eigenvalue weighted by Crippen LogP contribution is 2.27. The second kappa shape index (κ2) is 7.64. The average molecular weight is 308 g/mol. The molecule has 0 bridgehead atoms. The summed E-state index contributed by atoms with van der Waals surface area (Å²) in [5.41, 5.74) is 0.930. The molecular formula is C16H18ClNO3. The first kappa shape index (κ1) is 15.3. The second-order valence-electron chi connectivity index (χ2n) is 4.28. The van der Waals surface area contributed by atoms with Crippen LogP contribution in [-0.2, 0) is 0 Å². The van der Waals surface area contributed by atoms with Crippen molar-refractivity contribution in [3.05, 3.63) is 47.5 Å². The number of hydrogen-bond donors (Lipinski definition) is 1. The van der Waals surface area contributed by atoms with Crippen molar-refractivity contribution in [2.75, 3.05) is 32.7 Å². The van der Waals surface area contributed by atoms with Crippen LogP contribution in [0.4, 0.5) is 5.69 Å². The standard InChI is InChI=1S/C16H18ClNO3/c1-19-14-5-3-4-6-15(14)21-10-9-18-12-7-8-13(17)16(11-12)20-2/h3-8,11,18H,9-10H2,1-2H3. The lowest BCUT2D eigenvalue weighted by molar-refractivity contribution is 0.306. The van der Waals surface area contributed by atoms with Crippen molar-refractivity contribution in [1.82, 2.24) is 0 Å². The molecule has 0 spiro atoms. The van der Waals surface area contributed by atoms with Crippen LogP contribution in [0, 0.1) is 0 Å². The molecule has 0 aliphatic heterocycles. The molecule has 0 unspecified atom stereocenters. The molecule has 0 radical (unpaired) electrons. The molecule has 0 aliphatic carbocycles. The first-order valence-electron chi connectivity index (χ1n) is 6.58. The van der Waals surface area contributed by atoms with Gasteiger partial charge in [0.2, 0.25) is 0 Å². The van der Waals surface area contributed by atoms with E-state index in [4.69, 9.17) is 25.8 Å². The normalized spacial score (nSPS) is 10.0. The lowest BCUT2D eigenvalue weighted by atomic mass is 10.3. The highest BCUT2D eigenvalue weighted by atomic mass is 35.5. The minimum atomic E-state index is 0.519. The predicted molar refractivity (Wildman–Crippen MR) is 85.0 cm³/mol. The van der Waals surface area contributed by atoms with Gasteiger partial charge in [0.1, 0.15) is 12.4 Å². The fraction of sp³-hybridized carbons (Fsp3) is 0.250. The number of benzene rings is 2. The molecule has 1 N–H and O–H groups in total. The Labute approximate surface area is 129 Å². The largest absolute Gasteiger partial charge is 0.495 e. The van der Waals surface area contributed by atoms with Crippen LogP contribution in [0.1, 0.15) is 0 Å². The molecule has 2 rings (SSSR count). The van der Waals surface area contributed by atoms with E-state index in [1.165, 1.54) is 0 Å². The molecule has 4 nitrogen and oxygen atoms in total. The van der Waals surface area contributed by atoms with Gasteiger partial charge < -0.3 is 19.5 Å². The zero-order valence-electron chi connectivity index (χ0n) is 12.1. The summed E-state index contributed by atoms with van der Waals surface area (Å²) in [6.07, 6.45) is 0. The van der Waals surface area contributed by atoms with E-state index < -0.39 is 0 Å². The van der Waals surface area contributed by atoms with Crippen molar-refractivity contribution >= 4 is 17.3 Å². The highest BCUT2D eigenvalue weighted by molar-refractivity contribution is 6.32. The van der Waals surface area contributed by atoms with Gasteiger partial charge in [0.25, 0.3) is 0 Å². The lowest BCUT2D eigenvalue weighted by Gasteiger charge is -2.12. The summed E-state index contributed by atoms with van der Waals surface area (Å²) in [7, 11) is 3.22. The monoisotopic (exact) mass is 307 g/mol. The summed E-state index contributed by atoms with van der Waals surface area (Å²) >= 11 is 5.98. The zero-order valence-corrected chi connectivity index (χ0v) is 12.8. The maximum Gasteiger partial charge on any atom is 0.161 e. The van der Waals surface area contributed by atoms with Crippen molar-refractivity contribution in [3.8, 4) is 17.2 Å². The summed E-state index contributed by atoms with van der Waals surface area (Å²) in [5, 5.41) is 3.84. The number of ether oxygens (including phenoxy) is 3. The number of halogens is 1. The number of para-hydroxylation sites is 2. The molecule has 0 saturated carbocycles. The van der Waals surface area contributed by atoms with Gasteiger partial charge >= 0.3 is 0 Å². The first-order chi connectivity index (χ1) is 10.2. The predicted octanol–water partition coefficient (Wildman–Crippen LogP) is 3.85. The number of nitrogens with one attached hydrogen (secondary N) is 1. The van der Waals surface area contributed by atoms with Gasteiger partial charge in [-0.15, -0.1) is 0 Å². The molecule has 2 aromatic carbocycles. The van der Waals surface area contributed by atoms with E-state index in [2.05, 4.69) is 5.32 Å². The van der Waals surface area contributed by atoms with Gasteiger partial charge in [-0.1, -0.05) is 23.7 Å². The summed E-state index contributed by atoms with van der Waals surface area (Å²) in [6, 6.07) is 13.1. The van der Waals surface area contributed by atoms with E-state index in [1.807, 2.05) is 36.4 Å². The minimum Gasteiger partial charge on any atom is -0.495 e. The van der Waals surface area contributed by atoms with Gasteiger partial charge in [-0.25, -0.2) is 0 Å². The summed E-state index contributed by atoms with van der Waals surface area (Å²) in [5.74, 6) is 2.11. The molecule has 0 aromatic heterocycles. The van der Waals surface area contributed by atoms with Gasteiger partial charge in [-0.2, -0.15) is 0 Å². The van der Waals surface area contributed by atoms with Crippen LogP contribution in [0.2, 0.25) is 5.02 Å². The van der Waals surface area contributed by atoms with Crippen LogP contribution >= 0.6 is 11.6 Å². The van der Waals surface area contributed by atoms with E-state index in [-0.39, 0.29) is 0 Å². The maximum absolute atomic E-state index is 5.98. The zero-order chi connectivity index (χ0) is 15.1. The topological polar surface area (TPSA) is 39.7 Å². The van der Waals surface area contributed by atoms with Gasteiger partial charge in [0.15, 0.2) is 11.5 Å². The molecule has 0 amide bonds. The Balaban J connectivity index is 1.84. The van der Waals surface area contributed by atoms with Gasteiger partial charge in [-0.3, -0.25) is 0 Å². The highest BCUT2D eigenvalue weighted by Gasteiger charge is 2.03. The van der Waals surface area contributed by atoms with Crippen LogP contribution in [0.3, 0.4) is 0 Å².